The maximum absolute atomic E-state index is 11.3. The van der Waals surface area contributed by atoms with E-state index in [9.17, 15) is 14.4 Å². The van der Waals surface area contributed by atoms with Crippen LogP contribution in [0.25, 0.3) is 0 Å². The number of carboxylic acids is 1. The van der Waals surface area contributed by atoms with Gasteiger partial charge in [0.2, 0.25) is 5.91 Å². The maximum Gasteiger partial charge on any atom is 0.321 e. The number of aliphatic carboxylic acids is 1. The lowest BCUT2D eigenvalue weighted by atomic mass is 10.2. The number of hydrogen-bond acceptors (Lipinski definition) is 4. The molecule has 1 atom stereocenters. The molecule has 0 saturated carbocycles. The van der Waals surface area contributed by atoms with E-state index in [1.807, 2.05) is 0 Å². The van der Waals surface area contributed by atoms with Gasteiger partial charge in [-0.05, 0) is 12.8 Å². The number of amides is 3. The molecule has 1 aliphatic heterocycles. The van der Waals surface area contributed by atoms with Gasteiger partial charge in [0.15, 0.2) is 0 Å². The molecular formula is C10H16N2O5. The molecule has 96 valence electrons. The third kappa shape index (κ3) is 5.86. The smallest absolute Gasteiger partial charge is 0.321 e. The molecule has 1 rings (SSSR count). The fourth-order valence-electron chi connectivity index (χ4n) is 1.46. The van der Waals surface area contributed by atoms with Gasteiger partial charge >= 0.3 is 12.0 Å². The molecule has 0 aromatic rings. The minimum Gasteiger partial charge on any atom is -0.481 e. The Morgan fingerprint density at radius 2 is 2.06 bits per heavy atom. The molecule has 0 bridgehead atoms. The summed E-state index contributed by atoms with van der Waals surface area (Å²) in [6.07, 6.45) is 0.911. The number of nitrogens with one attached hydrogen (secondary N) is 2. The second-order valence-corrected chi connectivity index (χ2v) is 3.83. The van der Waals surface area contributed by atoms with Crippen LogP contribution in [0.1, 0.15) is 25.7 Å². The zero-order chi connectivity index (χ0) is 12.7. The van der Waals surface area contributed by atoms with Crippen LogP contribution in [0.5, 0.6) is 0 Å². The van der Waals surface area contributed by atoms with Gasteiger partial charge in [0.1, 0.15) is 0 Å². The van der Waals surface area contributed by atoms with E-state index >= 15 is 0 Å². The van der Waals surface area contributed by atoms with E-state index < -0.39 is 17.9 Å². The Labute approximate surface area is 98.5 Å². The topological polar surface area (TPSA) is 105 Å². The highest BCUT2D eigenvalue weighted by Crippen LogP contribution is 2.02. The number of carbonyl (C=O) groups excluding carboxylic acids is 2. The van der Waals surface area contributed by atoms with Gasteiger partial charge < -0.3 is 15.2 Å². The van der Waals surface area contributed by atoms with Gasteiger partial charge in [-0.3, -0.25) is 14.9 Å². The zero-order valence-electron chi connectivity index (χ0n) is 9.40. The van der Waals surface area contributed by atoms with Gasteiger partial charge in [-0.25, -0.2) is 4.79 Å². The predicted molar refractivity (Wildman–Crippen MR) is 57.4 cm³/mol. The Morgan fingerprint density at radius 1 is 1.29 bits per heavy atom. The first-order valence-corrected chi connectivity index (χ1v) is 5.48. The van der Waals surface area contributed by atoms with Gasteiger partial charge in [0, 0.05) is 19.4 Å². The summed E-state index contributed by atoms with van der Waals surface area (Å²) in [7, 11) is 0. The van der Waals surface area contributed by atoms with Crippen LogP contribution in [0.3, 0.4) is 0 Å². The van der Waals surface area contributed by atoms with Crippen LogP contribution >= 0.6 is 0 Å². The largest absolute Gasteiger partial charge is 0.481 e. The van der Waals surface area contributed by atoms with Crippen molar-refractivity contribution in [2.45, 2.75) is 31.7 Å². The molecule has 1 saturated heterocycles. The molecule has 7 heteroatoms. The summed E-state index contributed by atoms with van der Waals surface area (Å²) in [5.74, 6) is -1.42. The third-order valence-corrected chi connectivity index (χ3v) is 2.31. The Bertz CT molecular complexity index is 299. The molecule has 17 heavy (non-hydrogen) atoms. The fraction of sp³-hybridized carbons (Fsp3) is 0.700. The monoisotopic (exact) mass is 244 g/mol. The van der Waals surface area contributed by atoms with Crippen molar-refractivity contribution in [3.05, 3.63) is 0 Å². The van der Waals surface area contributed by atoms with E-state index in [4.69, 9.17) is 9.84 Å². The first-order chi connectivity index (χ1) is 8.08. The number of carboxylic acid groups (broad SMARTS) is 1. The SMILES string of the molecule is O=C(O)CCCC(=O)NC(=O)NC1CCOC1. The number of carbonyl (C=O) groups is 3. The van der Waals surface area contributed by atoms with Crippen molar-refractivity contribution >= 4 is 17.9 Å². The molecule has 1 heterocycles. The summed E-state index contributed by atoms with van der Waals surface area (Å²) in [6, 6.07) is -0.609. The Balaban J connectivity index is 2.12. The molecule has 0 spiro atoms. The normalized spacial score (nSPS) is 18.7. The molecule has 1 fully saturated rings. The number of hydrogen-bond donors (Lipinski definition) is 3. The van der Waals surface area contributed by atoms with Crippen molar-refractivity contribution in [1.29, 1.82) is 0 Å². The quantitative estimate of drug-likeness (QED) is 0.624. The number of ether oxygens (including phenoxy) is 1. The van der Waals surface area contributed by atoms with Crippen molar-refractivity contribution < 1.29 is 24.2 Å². The van der Waals surface area contributed by atoms with Crippen molar-refractivity contribution in [3.63, 3.8) is 0 Å². The number of imide groups is 1. The average Bonchev–Trinajstić information content (AvgIpc) is 2.69. The summed E-state index contributed by atoms with van der Waals surface area (Å²) in [5, 5.41) is 13.1. The lowest BCUT2D eigenvalue weighted by molar-refractivity contribution is -0.137. The highest BCUT2D eigenvalue weighted by atomic mass is 16.5. The lowest BCUT2D eigenvalue weighted by Crippen LogP contribution is -2.44. The number of urea groups is 1. The van der Waals surface area contributed by atoms with Crippen molar-refractivity contribution in [2.75, 3.05) is 13.2 Å². The summed E-state index contributed by atoms with van der Waals surface area (Å²) in [4.78, 5) is 32.7. The summed E-state index contributed by atoms with van der Waals surface area (Å²) in [6.45, 7) is 1.07. The average molecular weight is 244 g/mol. The second-order valence-electron chi connectivity index (χ2n) is 3.83. The molecule has 0 aliphatic carbocycles. The third-order valence-electron chi connectivity index (χ3n) is 2.31. The first-order valence-electron chi connectivity index (χ1n) is 5.48. The molecule has 0 radical (unpaired) electrons. The minimum atomic E-state index is -0.953. The molecule has 1 unspecified atom stereocenters. The summed E-state index contributed by atoms with van der Waals surface area (Å²) in [5.41, 5.74) is 0. The fourth-order valence-corrected chi connectivity index (χ4v) is 1.46. The van der Waals surface area contributed by atoms with Crippen molar-refractivity contribution in [2.24, 2.45) is 0 Å². The van der Waals surface area contributed by atoms with Gasteiger partial charge in [0.05, 0.1) is 12.6 Å². The molecule has 3 N–H and O–H groups in total. The van der Waals surface area contributed by atoms with E-state index in [0.29, 0.717) is 13.2 Å². The second kappa shape index (κ2) is 6.85. The molecule has 7 nitrogen and oxygen atoms in total. The Morgan fingerprint density at radius 3 is 2.65 bits per heavy atom. The molecule has 0 aromatic carbocycles. The zero-order valence-corrected chi connectivity index (χ0v) is 9.40. The molecule has 1 aliphatic rings. The van der Waals surface area contributed by atoms with Crippen LogP contribution in [0.15, 0.2) is 0 Å². The van der Waals surface area contributed by atoms with E-state index in [1.54, 1.807) is 0 Å². The highest BCUT2D eigenvalue weighted by molar-refractivity contribution is 5.94. The Kier molecular flexibility index (Phi) is 5.41. The van der Waals surface area contributed by atoms with Crippen molar-refractivity contribution in [3.8, 4) is 0 Å². The highest BCUT2D eigenvalue weighted by Gasteiger charge is 2.18. The molecule has 3 amide bonds. The number of rotatable bonds is 5. The minimum absolute atomic E-state index is 0.0287. The van der Waals surface area contributed by atoms with Crippen LogP contribution in [0, 0.1) is 0 Å². The predicted octanol–water partition coefficient (Wildman–Crippen LogP) is -0.144. The molecule has 0 aromatic heterocycles. The van der Waals surface area contributed by atoms with E-state index in [1.165, 1.54) is 0 Å². The summed E-state index contributed by atoms with van der Waals surface area (Å²) < 4.78 is 5.06. The van der Waals surface area contributed by atoms with Crippen LogP contribution in [0.2, 0.25) is 0 Å². The van der Waals surface area contributed by atoms with Crippen LogP contribution in [-0.2, 0) is 14.3 Å². The standard InChI is InChI=1S/C10H16N2O5/c13-8(2-1-3-9(14)15)12-10(16)11-7-4-5-17-6-7/h7H,1-6H2,(H,14,15)(H2,11,12,13,16). The van der Waals surface area contributed by atoms with E-state index in [2.05, 4.69) is 10.6 Å². The van der Waals surface area contributed by atoms with Crippen LogP contribution in [0.4, 0.5) is 4.79 Å². The van der Waals surface area contributed by atoms with Gasteiger partial charge in [0.25, 0.3) is 0 Å². The van der Waals surface area contributed by atoms with Gasteiger partial charge in [-0.1, -0.05) is 0 Å². The van der Waals surface area contributed by atoms with E-state index in [-0.39, 0.29) is 25.3 Å². The lowest BCUT2D eigenvalue weighted by Gasteiger charge is -2.10. The molecular weight excluding hydrogens is 228 g/mol. The maximum atomic E-state index is 11.3. The van der Waals surface area contributed by atoms with E-state index in [0.717, 1.165) is 6.42 Å². The van der Waals surface area contributed by atoms with Gasteiger partial charge in [-0.15, -0.1) is 0 Å². The van der Waals surface area contributed by atoms with Crippen LogP contribution < -0.4 is 10.6 Å². The first kappa shape index (κ1) is 13.4. The summed E-state index contributed by atoms with van der Waals surface area (Å²) >= 11 is 0. The van der Waals surface area contributed by atoms with Crippen molar-refractivity contribution in [1.82, 2.24) is 10.6 Å². The Hall–Kier alpha value is -1.63. The van der Waals surface area contributed by atoms with Crippen LogP contribution in [-0.4, -0.2) is 42.3 Å². The van der Waals surface area contributed by atoms with Gasteiger partial charge in [-0.2, -0.15) is 0 Å².